The molecule has 18 heteroatoms. The minimum atomic E-state index is -4.36. The number of methoxy groups -OCH3 is 1. The van der Waals surface area contributed by atoms with Crippen LogP contribution in [0.3, 0.4) is 0 Å². The van der Waals surface area contributed by atoms with Crippen LogP contribution in [-0.2, 0) is 29.2 Å². The number of carbonyl (C=O) groups is 5. The first-order chi connectivity index (χ1) is 27.8. The summed E-state index contributed by atoms with van der Waals surface area (Å²) in [6.45, 7) is 10.8. The van der Waals surface area contributed by atoms with Gasteiger partial charge in [0.2, 0.25) is 11.8 Å². The van der Waals surface area contributed by atoms with Gasteiger partial charge in [0.25, 0.3) is 10.1 Å². The Kier molecular flexibility index (Phi) is 12.3. The summed E-state index contributed by atoms with van der Waals surface area (Å²) in [5.41, 5.74) is 7.62. The summed E-state index contributed by atoms with van der Waals surface area (Å²) in [5.74, 6) is -6.36. The Morgan fingerprint density at radius 2 is 1.56 bits per heavy atom. The summed E-state index contributed by atoms with van der Waals surface area (Å²) in [6.07, 6.45) is -1.59. The van der Waals surface area contributed by atoms with Crippen molar-refractivity contribution in [2.45, 2.75) is 109 Å². The van der Waals surface area contributed by atoms with Crippen LogP contribution < -0.4 is 10.6 Å². The van der Waals surface area contributed by atoms with E-state index in [9.17, 15) is 42.6 Å². The van der Waals surface area contributed by atoms with Crippen LogP contribution in [-0.4, -0.2) is 104 Å². The summed E-state index contributed by atoms with van der Waals surface area (Å²) < 4.78 is 36.3. The van der Waals surface area contributed by atoms with E-state index in [2.05, 4.69) is 34.4 Å². The van der Waals surface area contributed by atoms with E-state index in [1.54, 1.807) is 0 Å². The number of Topliss-reactive ketones (excluding diaryl/α,β-unsaturated/α-hetero) is 2. The fraction of sp³-hybridized carbons (Fsp3) is 0.488. The van der Waals surface area contributed by atoms with Gasteiger partial charge in [0.05, 0.1) is 28.9 Å². The van der Waals surface area contributed by atoms with E-state index >= 15 is 0 Å². The number of aryl methyl sites for hydroxylation is 2. The first-order valence-corrected chi connectivity index (χ1v) is 21.1. The lowest BCUT2D eigenvalue weighted by Crippen LogP contribution is -2.44. The number of nitrogens with zero attached hydrogens (tertiary/aromatic N) is 2. The first-order valence-electron chi connectivity index (χ1n) is 19.5. The van der Waals surface area contributed by atoms with Gasteiger partial charge in [0.1, 0.15) is 12.0 Å². The van der Waals surface area contributed by atoms with Gasteiger partial charge in [-0.15, -0.1) is 0 Å². The Bertz CT molecular complexity index is 2530. The van der Waals surface area contributed by atoms with Crippen LogP contribution in [0.15, 0.2) is 18.2 Å². The van der Waals surface area contributed by atoms with Crippen LogP contribution in [0.25, 0.3) is 22.1 Å². The van der Waals surface area contributed by atoms with Crippen LogP contribution in [0.4, 0.5) is 0 Å². The topological polar surface area (TPSA) is 271 Å². The van der Waals surface area contributed by atoms with Gasteiger partial charge in [-0.25, -0.2) is 4.79 Å². The molecule has 0 saturated heterocycles. The van der Waals surface area contributed by atoms with Crippen molar-refractivity contribution in [3.05, 3.63) is 68.8 Å². The summed E-state index contributed by atoms with van der Waals surface area (Å²) >= 11 is 0. The number of aliphatic carboxylic acids is 1. The van der Waals surface area contributed by atoms with E-state index in [-0.39, 0.29) is 36.2 Å². The van der Waals surface area contributed by atoms with Crippen molar-refractivity contribution >= 4 is 61.5 Å². The number of carbonyl (C=O) groups excluding carboxylic acids is 4. The van der Waals surface area contributed by atoms with Crippen molar-refractivity contribution in [3.63, 3.8) is 0 Å². The molecule has 2 unspecified atom stereocenters. The average Bonchev–Trinajstić information content (AvgIpc) is 3.90. The standard InChI is InChI=1S/C41H50N6O11S/c1-8-22-17(2)24-15-29-33(21(6)48)19(4)26(44-29)13-25-18(3)23(9-10-31(49)45-30(40(52)53)16-32(50)42-11-12-59(55,56)57)37(46-25)35-36(41(54)58-7)39(51)34-20(5)27(47-38(34)35)14-28(22)43-24/h13-15,17-18,22-23,30,36,41,44,47,54H,8-12,16H2,1-7H3,(H,42,50)(H,45,49)(H,52,53)(H,55,56,57)/t17-,18+,22-,23+,30+,36?,41?/m1/s1. The molecule has 0 radical (unpaired) electrons. The molecule has 316 valence electrons. The molecule has 8 bridgehead atoms. The number of aromatic amines is 2. The quantitative estimate of drug-likeness (QED) is 0.0679. The van der Waals surface area contributed by atoms with E-state index in [1.807, 2.05) is 39.0 Å². The smallest absolute Gasteiger partial charge is 0.326 e. The number of aliphatic hydroxyl groups is 1. The van der Waals surface area contributed by atoms with Gasteiger partial charge >= 0.3 is 5.97 Å². The number of aliphatic hydroxyl groups excluding tert-OH is 1. The van der Waals surface area contributed by atoms with Crippen molar-refractivity contribution in [3.8, 4) is 0 Å². The predicted octanol–water partition coefficient (Wildman–Crippen LogP) is 4.31. The number of aromatic nitrogens is 4. The molecule has 5 heterocycles. The van der Waals surface area contributed by atoms with Gasteiger partial charge in [0.15, 0.2) is 17.9 Å². The molecule has 2 amide bonds. The van der Waals surface area contributed by atoms with E-state index in [1.165, 1.54) is 14.0 Å². The highest BCUT2D eigenvalue weighted by atomic mass is 32.2. The SMILES string of the molecule is CC[C@H]1c2cc3[nH]c4c(c3C)C(=O)C(C(O)OC)c4c3nc(cc4[nH]c(cc(n2)[C@@H]1C)c(C(C)=O)c4C)[C@@H](C)[C@@H]3CCC(=O)N[C@@H](CC(=O)NCCS(=O)(=O)O)C(=O)O. The zero-order valence-corrected chi connectivity index (χ0v) is 34.7. The third kappa shape index (κ3) is 8.44. The Morgan fingerprint density at radius 3 is 2.19 bits per heavy atom. The third-order valence-corrected chi connectivity index (χ3v) is 12.7. The van der Waals surface area contributed by atoms with Crippen molar-refractivity contribution in [2.24, 2.45) is 0 Å². The zero-order chi connectivity index (χ0) is 43.2. The summed E-state index contributed by atoms with van der Waals surface area (Å²) in [4.78, 5) is 82.4. The van der Waals surface area contributed by atoms with Crippen molar-refractivity contribution < 1.29 is 51.9 Å². The van der Waals surface area contributed by atoms with Gasteiger partial charge in [-0.1, -0.05) is 20.8 Å². The molecule has 17 nitrogen and oxygen atoms in total. The highest BCUT2D eigenvalue weighted by Crippen LogP contribution is 2.49. The Balaban J connectivity index is 1.50. The molecule has 59 heavy (non-hydrogen) atoms. The van der Waals surface area contributed by atoms with Crippen molar-refractivity contribution in [1.82, 2.24) is 30.6 Å². The second kappa shape index (κ2) is 16.8. The number of rotatable bonds is 14. The number of carboxylic acid groups (broad SMARTS) is 1. The number of H-pyrrole nitrogens is 2. The molecule has 3 aliphatic rings. The van der Waals surface area contributed by atoms with Gasteiger partial charge in [-0.05, 0) is 62.9 Å². The summed E-state index contributed by atoms with van der Waals surface area (Å²) in [6, 6.07) is 4.05. The van der Waals surface area contributed by atoms with Crippen molar-refractivity contribution in [1.29, 1.82) is 0 Å². The average molecular weight is 835 g/mol. The van der Waals surface area contributed by atoms with E-state index in [4.69, 9.17) is 19.3 Å². The minimum absolute atomic E-state index is 0.0275. The highest BCUT2D eigenvalue weighted by molar-refractivity contribution is 7.85. The Labute approximate surface area is 340 Å². The normalized spacial score (nSPS) is 21.0. The van der Waals surface area contributed by atoms with E-state index in [0.717, 1.165) is 17.8 Å². The maximum atomic E-state index is 14.4. The molecule has 0 saturated carbocycles. The van der Waals surface area contributed by atoms with Crippen LogP contribution in [0.5, 0.6) is 0 Å². The molecule has 3 aromatic heterocycles. The predicted molar refractivity (Wildman–Crippen MR) is 216 cm³/mol. The molecule has 2 aliphatic heterocycles. The Hall–Kier alpha value is -5.30. The van der Waals surface area contributed by atoms with Crippen LogP contribution in [0, 0.1) is 13.8 Å². The highest BCUT2D eigenvalue weighted by Gasteiger charge is 2.45. The van der Waals surface area contributed by atoms with E-state index < -0.39 is 76.7 Å². The lowest BCUT2D eigenvalue weighted by Gasteiger charge is -2.22. The van der Waals surface area contributed by atoms with E-state index in [0.29, 0.717) is 61.3 Å². The number of amides is 2. The van der Waals surface area contributed by atoms with Crippen LogP contribution in [0.1, 0.15) is 143 Å². The lowest BCUT2D eigenvalue weighted by atomic mass is 9.83. The maximum absolute atomic E-state index is 14.4. The molecule has 7 atom stereocenters. The fourth-order valence-corrected chi connectivity index (χ4v) is 9.12. The van der Waals surface area contributed by atoms with Gasteiger partial charge in [-0.3, -0.25) is 33.7 Å². The first kappa shape index (κ1) is 43.3. The fourth-order valence-electron chi connectivity index (χ4n) is 8.76. The van der Waals surface area contributed by atoms with Gasteiger partial charge < -0.3 is 35.6 Å². The third-order valence-electron chi connectivity index (χ3n) is 12.0. The lowest BCUT2D eigenvalue weighted by molar-refractivity contribution is -0.143. The molecule has 6 rings (SSSR count). The summed E-state index contributed by atoms with van der Waals surface area (Å²) in [5, 5.41) is 25.6. The molecule has 0 aromatic carbocycles. The molecule has 3 aromatic rings. The largest absolute Gasteiger partial charge is 0.480 e. The monoisotopic (exact) mass is 834 g/mol. The zero-order valence-electron chi connectivity index (χ0n) is 33.9. The van der Waals surface area contributed by atoms with Crippen LogP contribution in [0.2, 0.25) is 0 Å². The molecular weight excluding hydrogens is 785 g/mol. The second-order valence-electron chi connectivity index (χ2n) is 15.7. The molecule has 0 fully saturated rings. The van der Waals surface area contributed by atoms with Gasteiger partial charge in [0, 0.05) is 88.6 Å². The number of hydrogen-bond donors (Lipinski definition) is 7. The van der Waals surface area contributed by atoms with Crippen LogP contribution >= 0.6 is 0 Å². The summed E-state index contributed by atoms with van der Waals surface area (Å²) in [7, 11) is -3.07. The number of nitrogens with one attached hydrogen (secondary N) is 4. The number of ketones is 2. The minimum Gasteiger partial charge on any atom is -0.480 e. The van der Waals surface area contributed by atoms with Gasteiger partial charge in [-0.2, -0.15) is 8.42 Å². The van der Waals surface area contributed by atoms with Crippen molar-refractivity contribution in [2.75, 3.05) is 19.4 Å². The number of ether oxygens (including phenoxy) is 1. The maximum Gasteiger partial charge on any atom is 0.326 e. The number of hydrogen-bond acceptors (Lipinski definition) is 11. The molecule has 0 spiro atoms. The molecule has 7 N–H and O–H groups in total. The number of fused-ring (bicyclic) bond motifs is 8. The molecule has 1 aliphatic carbocycles. The second-order valence-corrected chi connectivity index (χ2v) is 17.2. The molecular formula is C41H50N6O11S. The number of carboxylic acids is 1. The Morgan fingerprint density at radius 1 is 0.932 bits per heavy atom.